The number of amides is 1. The summed E-state index contributed by atoms with van der Waals surface area (Å²) >= 11 is 2.73. The van der Waals surface area contributed by atoms with Crippen molar-refractivity contribution < 1.29 is 13.7 Å². The smallest absolute Gasteiger partial charge is 0.270 e. The highest BCUT2D eigenvalue weighted by Crippen LogP contribution is 2.34. The molecule has 0 spiro atoms. The second kappa shape index (κ2) is 6.58. The zero-order valence-electron chi connectivity index (χ0n) is 12.6. The average molecular weight is 371 g/mol. The van der Waals surface area contributed by atoms with E-state index < -0.39 is 0 Å². The molecule has 0 atom stereocenters. The molecule has 0 unspecified atom stereocenters. The number of halogens is 1. The summed E-state index contributed by atoms with van der Waals surface area (Å²) in [6.07, 6.45) is 0. The molecule has 1 aromatic carbocycles. The van der Waals surface area contributed by atoms with Crippen molar-refractivity contribution in [3.8, 4) is 22.2 Å². The van der Waals surface area contributed by atoms with Crippen LogP contribution in [0.5, 0.6) is 0 Å². The van der Waals surface area contributed by atoms with E-state index in [1.54, 1.807) is 24.3 Å². The van der Waals surface area contributed by atoms with Gasteiger partial charge in [-0.05, 0) is 35.0 Å². The number of aromatic nitrogens is 2. The van der Waals surface area contributed by atoms with Crippen LogP contribution in [0.4, 0.5) is 10.1 Å². The molecule has 0 aliphatic heterocycles. The normalized spacial score (nSPS) is 10.8. The molecule has 0 aliphatic rings. The van der Waals surface area contributed by atoms with Crippen LogP contribution < -0.4 is 5.32 Å². The molecule has 3 aromatic heterocycles. The van der Waals surface area contributed by atoms with Gasteiger partial charge in [-0.1, -0.05) is 23.4 Å². The van der Waals surface area contributed by atoms with Crippen molar-refractivity contribution in [3.05, 3.63) is 63.9 Å². The molecule has 124 valence electrons. The first-order chi connectivity index (χ1) is 12.2. The highest BCUT2D eigenvalue weighted by atomic mass is 32.1. The second-order valence-corrected chi connectivity index (χ2v) is 6.89. The maximum Gasteiger partial charge on any atom is 0.270 e. The molecule has 25 heavy (non-hydrogen) atoms. The van der Waals surface area contributed by atoms with Crippen molar-refractivity contribution in [1.82, 2.24) is 10.1 Å². The Morgan fingerprint density at radius 2 is 2.04 bits per heavy atom. The van der Waals surface area contributed by atoms with E-state index in [0.29, 0.717) is 26.8 Å². The Hall–Kier alpha value is -2.84. The number of benzene rings is 1. The first-order valence-electron chi connectivity index (χ1n) is 7.23. The number of thiophene rings is 2. The van der Waals surface area contributed by atoms with Gasteiger partial charge in [0, 0.05) is 5.56 Å². The van der Waals surface area contributed by atoms with Crippen LogP contribution in [-0.4, -0.2) is 16.0 Å². The van der Waals surface area contributed by atoms with Gasteiger partial charge in [-0.25, -0.2) is 4.39 Å². The Morgan fingerprint density at radius 1 is 1.12 bits per heavy atom. The lowest BCUT2D eigenvalue weighted by atomic mass is 10.2. The van der Waals surface area contributed by atoms with Crippen LogP contribution in [-0.2, 0) is 0 Å². The number of anilines is 1. The summed E-state index contributed by atoms with van der Waals surface area (Å²) in [7, 11) is 0. The summed E-state index contributed by atoms with van der Waals surface area (Å²) in [6.45, 7) is 0. The van der Waals surface area contributed by atoms with E-state index >= 15 is 0 Å². The lowest BCUT2D eigenvalue weighted by Crippen LogP contribution is -2.09. The molecule has 4 rings (SSSR count). The van der Waals surface area contributed by atoms with E-state index in [-0.39, 0.29) is 17.6 Å². The number of hydrogen-bond donors (Lipinski definition) is 1. The average Bonchev–Trinajstić information content (AvgIpc) is 3.36. The van der Waals surface area contributed by atoms with Crippen molar-refractivity contribution in [1.29, 1.82) is 0 Å². The fourth-order valence-corrected chi connectivity index (χ4v) is 3.61. The molecule has 1 N–H and O–H groups in total. The first-order valence-corrected chi connectivity index (χ1v) is 8.99. The van der Waals surface area contributed by atoms with Crippen LogP contribution in [0.2, 0.25) is 0 Å². The molecule has 0 saturated heterocycles. The lowest BCUT2D eigenvalue weighted by molar-refractivity contribution is 0.103. The highest BCUT2D eigenvalue weighted by Gasteiger charge is 2.18. The number of carbonyl (C=O) groups is 1. The number of rotatable bonds is 4. The molecule has 0 saturated carbocycles. The zero-order valence-corrected chi connectivity index (χ0v) is 14.2. The number of nitrogens with zero attached hydrogens (tertiary/aromatic N) is 2. The standard InChI is InChI=1S/C17H10FN3O2S2/c18-11-4-1-3-10(9-11)15-20-17(23-21-15)14-12(6-8-25-14)19-16(22)13-5-2-7-24-13/h1-9H,(H,19,22). The van der Waals surface area contributed by atoms with E-state index in [9.17, 15) is 9.18 Å². The topological polar surface area (TPSA) is 68.0 Å². The predicted octanol–water partition coefficient (Wildman–Crippen LogP) is 4.92. The summed E-state index contributed by atoms with van der Waals surface area (Å²) in [5.74, 6) is -0.00225. The molecule has 3 heterocycles. The molecular weight excluding hydrogens is 361 g/mol. The maximum absolute atomic E-state index is 13.3. The molecule has 1 amide bonds. The molecule has 0 radical (unpaired) electrons. The predicted molar refractivity (Wildman–Crippen MR) is 95.3 cm³/mol. The summed E-state index contributed by atoms with van der Waals surface area (Å²) in [6, 6.07) is 11.3. The fraction of sp³-hybridized carbons (Fsp3) is 0. The minimum Gasteiger partial charge on any atom is -0.333 e. The largest absolute Gasteiger partial charge is 0.333 e. The Morgan fingerprint density at radius 3 is 2.84 bits per heavy atom. The fourth-order valence-electron chi connectivity index (χ4n) is 2.23. The maximum atomic E-state index is 13.3. The number of nitrogens with one attached hydrogen (secondary N) is 1. The van der Waals surface area contributed by atoms with Gasteiger partial charge >= 0.3 is 0 Å². The summed E-state index contributed by atoms with van der Waals surface area (Å²) < 4.78 is 18.6. The minimum absolute atomic E-state index is 0.195. The quantitative estimate of drug-likeness (QED) is 0.553. The monoisotopic (exact) mass is 371 g/mol. The van der Waals surface area contributed by atoms with Gasteiger partial charge in [-0.15, -0.1) is 22.7 Å². The van der Waals surface area contributed by atoms with Gasteiger partial charge in [-0.3, -0.25) is 4.79 Å². The van der Waals surface area contributed by atoms with Gasteiger partial charge in [0.25, 0.3) is 11.8 Å². The molecular formula is C17H10FN3O2S2. The van der Waals surface area contributed by atoms with E-state index in [1.165, 1.54) is 34.8 Å². The van der Waals surface area contributed by atoms with E-state index in [2.05, 4.69) is 15.5 Å². The minimum atomic E-state index is -0.371. The Labute approximate surface area is 149 Å². The third-order valence-corrected chi connectivity index (χ3v) is 5.13. The van der Waals surface area contributed by atoms with Crippen molar-refractivity contribution in [3.63, 3.8) is 0 Å². The van der Waals surface area contributed by atoms with Crippen LogP contribution in [0, 0.1) is 5.82 Å². The molecule has 8 heteroatoms. The zero-order chi connectivity index (χ0) is 17.2. The highest BCUT2D eigenvalue weighted by molar-refractivity contribution is 7.14. The summed E-state index contributed by atoms with van der Waals surface area (Å²) in [5, 5.41) is 10.4. The summed E-state index contributed by atoms with van der Waals surface area (Å²) in [5.41, 5.74) is 1.12. The van der Waals surface area contributed by atoms with Crippen LogP contribution >= 0.6 is 22.7 Å². The Bertz CT molecular complexity index is 1020. The van der Waals surface area contributed by atoms with E-state index in [4.69, 9.17) is 4.52 Å². The molecule has 0 bridgehead atoms. The van der Waals surface area contributed by atoms with Crippen molar-refractivity contribution >= 4 is 34.3 Å². The van der Waals surface area contributed by atoms with Crippen LogP contribution in [0.1, 0.15) is 9.67 Å². The number of carbonyl (C=O) groups excluding carboxylic acids is 1. The van der Waals surface area contributed by atoms with Crippen molar-refractivity contribution in [2.45, 2.75) is 0 Å². The molecule has 5 nitrogen and oxygen atoms in total. The van der Waals surface area contributed by atoms with Gasteiger partial charge in [0.2, 0.25) is 5.82 Å². The third-order valence-electron chi connectivity index (χ3n) is 3.36. The molecule has 0 aliphatic carbocycles. The van der Waals surface area contributed by atoms with Gasteiger partial charge in [0.15, 0.2) is 0 Å². The van der Waals surface area contributed by atoms with Gasteiger partial charge in [0.05, 0.1) is 10.6 Å². The van der Waals surface area contributed by atoms with Gasteiger partial charge in [-0.2, -0.15) is 4.98 Å². The Kier molecular flexibility index (Phi) is 4.12. The summed E-state index contributed by atoms with van der Waals surface area (Å²) in [4.78, 5) is 17.8. The third kappa shape index (κ3) is 3.21. The van der Waals surface area contributed by atoms with E-state index in [1.807, 2.05) is 16.8 Å². The SMILES string of the molecule is O=C(Nc1ccsc1-c1nc(-c2cccc(F)c2)no1)c1cccs1. The van der Waals surface area contributed by atoms with E-state index in [0.717, 1.165) is 0 Å². The van der Waals surface area contributed by atoms with Crippen molar-refractivity contribution in [2.75, 3.05) is 5.32 Å². The Balaban J connectivity index is 1.61. The number of hydrogen-bond acceptors (Lipinski definition) is 6. The van der Waals surface area contributed by atoms with Gasteiger partial charge < -0.3 is 9.84 Å². The lowest BCUT2D eigenvalue weighted by Gasteiger charge is -2.02. The second-order valence-electron chi connectivity index (χ2n) is 5.03. The first kappa shape index (κ1) is 15.7. The van der Waals surface area contributed by atoms with Crippen LogP contribution in [0.3, 0.4) is 0 Å². The van der Waals surface area contributed by atoms with Crippen LogP contribution in [0.25, 0.3) is 22.2 Å². The molecule has 0 fully saturated rings. The van der Waals surface area contributed by atoms with Crippen molar-refractivity contribution in [2.24, 2.45) is 0 Å². The molecule has 4 aromatic rings. The van der Waals surface area contributed by atoms with Gasteiger partial charge in [0.1, 0.15) is 10.7 Å². The van der Waals surface area contributed by atoms with Crippen LogP contribution in [0.15, 0.2) is 57.7 Å².